The van der Waals surface area contributed by atoms with Gasteiger partial charge in [-0.1, -0.05) is 44.9 Å². The van der Waals surface area contributed by atoms with E-state index in [0.717, 1.165) is 19.3 Å². The first kappa shape index (κ1) is 19.1. The van der Waals surface area contributed by atoms with Gasteiger partial charge in [0.1, 0.15) is 12.2 Å². The number of aliphatic hydroxyl groups is 2. The zero-order chi connectivity index (χ0) is 19.8. The molecular formula is C23H32O4. The highest BCUT2D eigenvalue weighted by atomic mass is 16.3. The van der Waals surface area contributed by atoms with Crippen LogP contribution in [0.5, 0.6) is 0 Å². The third kappa shape index (κ3) is 2.23. The van der Waals surface area contributed by atoms with Crippen LogP contribution in [0.25, 0.3) is 0 Å². The highest BCUT2D eigenvalue weighted by molar-refractivity contribution is 5.92. The molecule has 7 atom stereocenters. The monoisotopic (exact) mass is 372 g/mol. The molecule has 0 aromatic heterocycles. The molecule has 0 heterocycles. The Morgan fingerprint density at radius 2 is 1.93 bits per heavy atom. The molecule has 4 aliphatic carbocycles. The smallest absolute Gasteiger partial charge is 0.190 e. The second kappa shape index (κ2) is 5.87. The van der Waals surface area contributed by atoms with Crippen LogP contribution in [0.15, 0.2) is 23.3 Å². The van der Waals surface area contributed by atoms with Crippen LogP contribution in [0.3, 0.4) is 0 Å². The van der Waals surface area contributed by atoms with Crippen molar-refractivity contribution in [3.05, 3.63) is 23.3 Å². The summed E-state index contributed by atoms with van der Waals surface area (Å²) in [6.45, 7) is 7.90. The van der Waals surface area contributed by atoms with Gasteiger partial charge in [-0.25, -0.2) is 0 Å². The molecule has 2 fully saturated rings. The van der Waals surface area contributed by atoms with Crippen molar-refractivity contribution < 1.29 is 19.8 Å². The molecule has 0 radical (unpaired) electrons. The van der Waals surface area contributed by atoms with Crippen molar-refractivity contribution in [2.24, 2.45) is 34.5 Å². The van der Waals surface area contributed by atoms with Gasteiger partial charge in [0, 0.05) is 17.3 Å². The van der Waals surface area contributed by atoms with Crippen LogP contribution in [-0.4, -0.2) is 34.0 Å². The SMILES string of the molecule is C[C@H]1C[C@@H]2C(=CC[C@@]3(C)[C@H]2C[C@H](C)[C@]3(O)C(=O)CO)[C@@]2(C)CCC(=O)C=C12. The molecular weight excluding hydrogens is 340 g/mol. The lowest BCUT2D eigenvalue weighted by atomic mass is 9.48. The first-order valence-electron chi connectivity index (χ1n) is 10.4. The Hall–Kier alpha value is -1.26. The molecule has 4 nitrogen and oxygen atoms in total. The Labute approximate surface area is 161 Å². The Bertz CT molecular complexity index is 764. The molecule has 4 aliphatic rings. The third-order valence-corrected chi connectivity index (χ3v) is 8.81. The Morgan fingerprint density at radius 3 is 2.59 bits per heavy atom. The van der Waals surface area contributed by atoms with Crippen LogP contribution in [0.1, 0.15) is 59.8 Å². The minimum Gasteiger partial charge on any atom is -0.388 e. The lowest BCUT2D eigenvalue weighted by Gasteiger charge is -2.56. The van der Waals surface area contributed by atoms with Gasteiger partial charge in [0.25, 0.3) is 0 Å². The molecule has 0 spiro atoms. The topological polar surface area (TPSA) is 74.6 Å². The second-order valence-electron chi connectivity index (χ2n) is 10.0. The van der Waals surface area contributed by atoms with Crippen LogP contribution in [0.4, 0.5) is 0 Å². The number of hydrogen-bond acceptors (Lipinski definition) is 4. The van der Waals surface area contributed by atoms with E-state index in [9.17, 15) is 19.8 Å². The van der Waals surface area contributed by atoms with Crippen molar-refractivity contribution in [2.75, 3.05) is 6.61 Å². The number of carbonyl (C=O) groups excluding carboxylic acids is 2. The number of allylic oxidation sites excluding steroid dienone is 4. The molecule has 0 aromatic rings. The summed E-state index contributed by atoms with van der Waals surface area (Å²) in [7, 11) is 0. The number of ketones is 2. The fourth-order valence-electron chi connectivity index (χ4n) is 7.33. The van der Waals surface area contributed by atoms with E-state index in [2.05, 4.69) is 19.9 Å². The van der Waals surface area contributed by atoms with Gasteiger partial charge in [-0.3, -0.25) is 9.59 Å². The summed E-state index contributed by atoms with van der Waals surface area (Å²) in [6.07, 6.45) is 8.05. The average molecular weight is 373 g/mol. The quantitative estimate of drug-likeness (QED) is 0.730. The fraction of sp³-hybridized carbons (Fsp3) is 0.739. The zero-order valence-corrected chi connectivity index (χ0v) is 16.9. The van der Waals surface area contributed by atoms with Crippen molar-refractivity contribution in [3.63, 3.8) is 0 Å². The number of rotatable bonds is 2. The average Bonchev–Trinajstić information content (AvgIpc) is 2.84. The van der Waals surface area contributed by atoms with E-state index in [1.54, 1.807) is 0 Å². The van der Waals surface area contributed by atoms with Crippen LogP contribution < -0.4 is 0 Å². The van der Waals surface area contributed by atoms with E-state index < -0.39 is 23.4 Å². The largest absolute Gasteiger partial charge is 0.388 e. The lowest BCUT2D eigenvalue weighted by Crippen LogP contribution is -2.57. The van der Waals surface area contributed by atoms with E-state index >= 15 is 0 Å². The van der Waals surface area contributed by atoms with Gasteiger partial charge >= 0.3 is 0 Å². The van der Waals surface area contributed by atoms with Crippen LogP contribution in [0.2, 0.25) is 0 Å². The molecule has 27 heavy (non-hydrogen) atoms. The van der Waals surface area contributed by atoms with E-state index in [0.29, 0.717) is 24.7 Å². The maximum absolute atomic E-state index is 12.6. The summed E-state index contributed by atoms with van der Waals surface area (Å²) in [5.74, 6) is 0.542. The number of fused-ring (bicyclic) bond motifs is 5. The molecule has 0 aliphatic heterocycles. The zero-order valence-electron chi connectivity index (χ0n) is 16.9. The summed E-state index contributed by atoms with van der Waals surface area (Å²) in [5, 5.41) is 21.0. The minimum atomic E-state index is -1.46. The molecule has 4 heteroatoms. The van der Waals surface area contributed by atoms with Crippen molar-refractivity contribution in [3.8, 4) is 0 Å². The minimum absolute atomic E-state index is 0.0670. The summed E-state index contributed by atoms with van der Waals surface area (Å²) in [4.78, 5) is 24.6. The van der Waals surface area contributed by atoms with Gasteiger partial charge in [-0.05, 0) is 55.4 Å². The Kier molecular flexibility index (Phi) is 4.15. The summed E-state index contributed by atoms with van der Waals surface area (Å²) < 4.78 is 0. The van der Waals surface area contributed by atoms with Crippen molar-refractivity contribution in [1.29, 1.82) is 0 Å². The molecule has 148 valence electrons. The van der Waals surface area contributed by atoms with Gasteiger partial charge < -0.3 is 10.2 Å². The molecule has 2 N–H and O–H groups in total. The Balaban J connectivity index is 1.81. The van der Waals surface area contributed by atoms with Gasteiger partial charge in [-0.2, -0.15) is 0 Å². The normalized spacial score (nSPS) is 48.9. The van der Waals surface area contributed by atoms with E-state index in [-0.39, 0.29) is 23.0 Å². The number of carbonyl (C=O) groups is 2. The summed E-state index contributed by atoms with van der Waals surface area (Å²) in [6, 6.07) is 0. The number of hydrogen-bond donors (Lipinski definition) is 2. The summed E-state index contributed by atoms with van der Waals surface area (Å²) >= 11 is 0. The van der Waals surface area contributed by atoms with Crippen LogP contribution in [0, 0.1) is 34.5 Å². The molecule has 0 aromatic carbocycles. The predicted molar refractivity (Wildman–Crippen MR) is 103 cm³/mol. The first-order valence-corrected chi connectivity index (χ1v) is 10.4. The van der Waals surface area contributed by atoms with E-state index in [1.165, 1.54) is 11.1 Å². The van der Waals surface area contributed by atoms with Gasteiger partial charge in [-0.15, -0.1) is 0 Å². The van der Waals surface area contributed by atoms with Crippen LogP contribution in [-0.2, 0) is 9.59 Å². The maximum Gasteiger partial charge on any atom is 0.190 e. The lowest BCUT2D eigenvalue weighted by molar-refractivity contribution is -0.161. The van der Waals surface area contributed by atoms with Crippen molar-refractivity contribution in [2.45, 2.75) is 65.4 Å². The second-order valence-corrected chi connectivity index (χ2v) is 10.0. The van der Waals surface area contributed by atoms with E-state index in [4.69, 9.17) is 0 Å². The van der Waals surface area contributed by atoms with Gasteiger partial charge in [0.15, 0.2) is 11.6 Å². The Morgan fingerprint density at radius 1 is 1.22 bits per heavy atom. The fourth-order valence-corrected chi connectivity index (χ4v) is 7.33. The molecule has 0 amide bonds. The maximum atomic E-state index is 12.6. The highest BCUT2D eigenvalue weighted by Crippen LogP contribution is 2.67. The third-order valence-electron chi connectivity index (χ3n) is 8.81. The van der Waals surface area contributed by atoms with E-state index in [1.807, 2.05) is 19.9 Å². The molecule has 4 rings (SSSR count). The summed E-state index contributed by atoms with van der Waals surface area (Å²) in [5.41, 5.74) is 0.634. The standard InChI is InChI=1S/C23H32O4/c1-13-9-16-17(21(3)7-5-15(25)11-18(13)21)6-8-22(4)19(16)10-14(2)23(22,27)20(26)12-24/h6,11,13-14,16,19,24,27H,5,7-10,12H2,1-4H3/t13-,14-,16+,19-,21+,22-,23-/m0/s1. The van der Waals surface area contributed by atoms with Gasteiger partial charge in [0.05, 0.1) is 0 Å². The molecule has 0 saturated heterocycles. The molecule has 2 saturated carbocycles. The van der Waals surface area contributed by atoms with Crippen molar-refractivity contribution in [1.82, 2.24) is 0 Å². The first-order chi connectivity index (χ1) is 12.6. The van der Waals surface area contributed by atoms with Crippen LogP contribution >= 0.6 is 0 Å². The molecule has 0 unspecified atom stereocenters. The molecule has 0 bridgehead atoms. The number of Topliss-reactive ketones (excluding diaryl/α,β-unsaturated/α-hetero) is 1. The van der Waals surface area contributed by atoms with Gasteiger partial charge in [0.2, 0.25) is 0 Å². The van der Waals surface area contributed by atoms with Crippen molar-refractivity contribution >= 4 is 11.6 Å². The highest BCUT2D eigenvalue weighted by Gasteiger charge is 2.67. The number of aliphatic hydroxyl groups excluding tert-OH is 1. The predicted octanol–water partition coefficient (Wildman–Crippen LogP) is 3.22.